The summed E-state index contributed by atoms with van der Waals surface area (Å²) < 4.78 is 13.2. The second kappa shape index (κ2) is 5.57. The second-order valence-corrected chi connectivity index (χ2v) is 6.04. The van der Waals surface area contributed by atoms with Gasteiger partial charge in [0.2, 0.25) is 0 Å². The molecule has 1 aliphatic rings. The molecular weight excluding hydrogens is 271 g/mol. The Morgan fingerprint density at radius 3 is 2.50 bits per heavy atom. The van der Waals surface area contributed by atoms with E-state index in [1.807, 2.05) is 6.92 Å². The standard InChI is InChI=1S/C18H18ClF/c1-12-10-16(20)8-9-17(12)18(19)15-7-6-13-4-2-3-5-14(13)11-15/h6-11,18H,2-5H2,1H3. The minimum Gasteiger partial charge on any atom is -0.207 e. The molecule has 1 unspecified atom stereocenters. The Hall–Kier alpha value is -1.34. The van der Waals surface area contributed by atoms with E-state index in [0.717, 1.165) is 23.1 Å². The van der Waals surface area contributed by atoms with Gasteiger partial charge in [-0.25, -0.2) is 4.39 Å². The van der Waals surface area contributed by atoms with Gasteiger partial charge < -0.3 is 0 Å². The van der Waals surface area contributed by atoms with Gasteiger partial charge in [0.25, 0.3) is 0 Å². The lowest BCUT2D eigenvalue weighted by atomic mass is 9.89. The van der Waals surface area contributed by atoms with E-state index in [0.29, 0.717) is 0 Å². The summed E-state index contributed by atoms with van der Waals surface area (Å²) >= 11 is 6.61. The molecule has 0 amide bonds. The van der Waals surface area contributed by atoms with E-state index >= 15 is 0 Å². The van der Waals surface area contributed by atoms with Gasteiger partial charge in [0.15, 0.2) is 0 Å². The maximum absolute atomic E-state index is 13.2. The molecular formula is C18H18ClF. The van der Waals surface area contributed by atoms with Gasteiger partial charge in [0.05, 0.1) is 5.38 Å². The van der Waals surface area contributed by atoms with Crippen LogP contribution in [0.15, 0.2) is 36.4 Å². The highest BCUT2D eigenvalue weighted by atomic mass is 35.5. The van der Waals surface area contributed by atoms with Crippen LogP contribution in [0.3, 0.4) is 0 Å². The van der Waals surface area contributed by atoms with Gasteiger partial charge in [-0.05, 0) is 72.6 Å². The predicted molar refractivity (Wildman–Crippen MR) is 81.9 cm³/mol. The molecule has 0 saturated carbocycles. The van der Waals surface area contributed by atoms with Gasteiger partial charge in [-0.3, -0.25) is 0 Å². The maximum atomic E-state index is 13.2. The number of hydrogen-bond donors (Lipinski definition) is 0. The van der Waals surface area contributed by atoms with Gasteiger partial charge in [-0.1, -0.05) is 24.3 Å². The SMILES string of the molecule is Cc1cc(F)ccc1C(Cl)c1ccc2c(c1)CCCC2. The average molecular weight is 289 g/mol. The number of fused-ring (bicyclic) bond motifs is 1. The van der Waals surface area contributed by atoms with Crippen molar-refractivity contribution in [2.24, 2.45) is 0 Å². The molecule has 1 atom stereocenters. The fourth-order valence-corrected chi connectivity index (χ4v) is 3.39. The molecule has 1 aliphatic carbocycles. The van der Waals surface area contributed by atoms with Crippen molar-refractivity contribution in [3.05, 3.63) is 70.0 Å². The van der Waals surface area contributed by atoms with Crippen molar-refractivity contribution >= 4 is 11.6 Å². The Balaban J connectivity index is 1.95. The molecule has 0 heterocycles. The maximum Gasteiger partial charge on any atom is 0.123 e. The first-order valence-corrected chi connectivity index (χ1v) is 7.60. The van der Waals surface area contributed by atoms with Crippen LogP contribution in [0.1, 0.15) is 46.0 Å². The van der Waals surface area contributed by atoms with E-state index in [9.17, 15) is 4.39 Å². The van der Waals surface area contributed by atoms with Crippen molar-refractivity contribution in [1.82, 2.24) is 0 Å². The zero-order valence-electron chi connectivity index (χ0n) is 11.6. The molecule has 2 aromatic rings. The summed E-state index contributed by atoms with van der Waals surface area (Å²) in [5, 5.41) is -0.206. The third-order valence-corrected chi connectivity index (χ3v) is 4.66. The molecule has 0 nitrogen and oxygen atoms in total. The lowest BCUT2D eigenvalue weighted by Gasteiger charge is -2.19. The molecule has 0 aromatic heterocycles. The summed E-state index contributed by atoms with van der Waals surface area (Å²) in [5.74, 6) is -0.208. The smallest absolute Gasteiger partial charge is 0.123 e. The Bertz CT molecular complexity index is 633. The first-order valence-electron chi connectivity index (χ1n) is 7.17. The number of halogens is 2. The first kappa shape index (κ1) is 13.6. The second-order valence-electron chi connectivity index (χ2n) is 5.60. The number of benzene rings is 2. The molecule has 3 rings (SSSR count). The van der Waals surface area contributed by atoms with Crippen LogP contribution in [0, 0.1) is 12.7 Å². The number of hydrogen-bond acceptors (Lipinski definition) is 0. The Kier molecular flexibility index (Phi) is 3.80. The van der Waals surface area contributed by atoms with Gasteiger partial charge in [0.1, 0.15) is 5.82 Å². The van der Waals surface area contributed by atoms with E-state index in [4.69, 9.17) is 11.6 Å². The minimum atomic E-state index is -0.208. The monoisotopic (exact) mass is 288 g/mol. The molecule has 0 radical (unpaired) electrons. The normalized spacial score (nSPS) is 15.8. The van der Waals surface area contributed by atoms with Crippen LogP contribution in [0.4, 0.5) is 4.39 Å². The molecule has 2 heteroatoms. The minimum absolute atomic E-state index is 0.206. The zero-order chi connectivity index (χ0) is 14.1. The summed E-state index contributed by atoms with van der Waals surface area (Å²) in [5.41, 5.74) is 5.90. The molecule has 104 valence electrons. The van der Waals surface area contributed by atoms with Gasteiger partial charge >= 0.3 is 0 Å². The Morgan fingerprint density at radius 1 is 1.00 bits per heavy atom. The van der Waals surface area contributed by atoms with Crippen molar-refractivity contribution in [3.63, 3.8) is 0 Å². The first-order chi connectivity index (χ1) is 9.65. The molecule has 0 aliphatic heterocycles. The van der Waals surface area contributed by atoms with Crippen molar-refractivity contribution in [3.8, 4) is 0 Å². The summed E-state index contributed by atoms with van der Waals surface area (Å²) in [4.78, 5) is 0. The molecule has 0 saturated heterocycles. The third kappa shape index (κ3) is 2.60. The lowest BCUT2D eigenvalue weighted by molar-refractivity contribution is 0.625. The Morgan fingerprint density at radius 2 is 1.75 bits per heavy atom. The number of aryl methyl sites for hydroxylation is 3. The van der Waals surface area contributed by atoms with E-state index < -0.39 is 0 Å². The van der Waals surface area contributed by atoms with E-state index in [1.165, 1.54) is 36.5 Å². The molecule has 0 fully saturated rings. The Labute approximate surface area is 124 Å². The molecule has 2 aromatic carbocycles. The lowest BCUT2D eigenvalue weighted by Crippen LogP contribution is -2.05. The quantitative estimate of drug-likeness (QED) is 0.654. The van der Waals surface area contributed by atoms with Crippen molar-refractivity contribution in [1.29, 1.82) is 0 Å². The topological polar surface area (TPSA) is 0 Å². The van der Waals surface area contributed by atoms with E-state index in [2.05, 4.69) is 18.2 Å². The van der Waals surface area contributed by atoms with E-state index in [-0.39, 0.29) is 11.2 Å². The van der Waals surface area contributed by atoms with Gasteiger partial charge in [0, 0.05) is 0 Å². The fourth-order valence-electron chi connectivity index (χ4n) is 3.01. The largest absolute Gasteiger partial charge is 0.207 e. The summed E-state index contributed by atoms with van der Waals surface area (Å²) in [7, 11) is 0. The highest BCUT2D eigenvalue weighted by Gasteiger charge is 2.16. The third-order valence-electron chi connectivity index (χ3n) is 4.17. The van der Waals surface area contributed by atoms with Crippen LogP contribution < -0.4 is 0 Å². The predicted octanol–water partition coefficient (Wildman–Crippen LogP) is 5.34. The molecule has 0 bridgehead atoms. The highest BCUT2D eigenvalue weighted by molar-refractivity contribution is 6.22. The van der Waals surface area contributed by atoms with E-state index in [1.54, 1.807) is 12.1 Å². The van der Waals surface area contributed by atoms with Crippen molar-refractivity contribution in [2.45, 2.75) is 38.0 Å². The van der Waals surface area contributed by atoms with Crippen molar-refractivity contribution in [2.75, 3.05) is 0 Å². The molecule has 20 heavy (non-hydrogen) atoms. The van der Waals surface area contributed by atoms with Gasteiger partial charge in [-0.15, -0.1) is 11.6 Å². The summed E-state index contributed by atoms with van der Waals surface area (Å²) in [6, 6.07) is 11.4. The van der Waals surface area contributed by atoms with Crippen LogP contribution in [-0.2, 0) is 12.8 Å². The number of alkyl halides is 1. The van der Waals surface area contributed by atoms with Crippen LogP contribution in [-0.4, -0.2) is 0 Å². The fraction of sp³-hybridized carbons (Fsp3) is 0.333. The molecule has 0 N–H and O–H groups in total. The van der Waals surface area contributed by atoms with Crippen LogP contribution in [0.25, 0.3) is 0 Å². The average Bonchev–Trinajstić information content (AvgIpc) is 2.46. The summed E-state index contributed by atoms with van der Waals surface area (Å²) in [6.45, 7) is 1.91. The van der Waals surface area contributed by atoms with Crippen LogP contribution in [0.2, 0.25) is 0 Å². The summed E-state index contributed by atoms with van der Waals surface area (Å²) in [6.07, 6.45) is 4.88. The number of rotatable bonds is 2. The highest BCUT2D eigenvalue weighted by Crippen LogP contribution is 2.33. The van der Waals surface area contributed by atoms with Crippen LogP contribution in [0.5, 0.6) is 0 Å². The van der Waals surface area contributed by atoms with Crippen LogP contribution >= 0.6 is 11.6 Å². The van der Waals surface area contributed by atoms with Gasteiger partial charge in [-0.2, -0.15) is 0 Å². The van der Waals surface area contributed by atoms with Crippen molar-refractivity contribution < 1.29 is 4.39 Å². The molecule has 0 spiro atoms. The zero-order valence-corrected chi connectivity index (χ0v) is 12.4.